The van der Waals surface area contributed by atoms with Gasteiger partial charge in [-0.15, -0.1) is 0 Å². The van der Waals surface area contributed by atoms with Crippen LogP contribution in [0.2, 0.25) is 0 Å². The molecule has 0 radical (unpaired) electrons. The average Bonchev–Trinajstić information content (AvgIpc) is 2.55. The van der Waals surface area contributed by atoms with Crippen LogP contribution in [0.4, 0.5) is 0 Å². The van der Waals surface area contributed by atoms with Crippen LogP contribution >= 0.6 is 0 Å². The van der Waals surface area contributed by atoms with Crippen molar-refractivity contribution in [2.45, 2.75) is 45.8 Å². The highest BCUT2D eigenvalue weighted by Crippen LogP contribution is 2.53. The summed E-state index contributed by atoms with van der Waals surface area (Å²) >= 11 is 0. The lowest BCUT2D eigenvalue weighted by Gasteiger charge is -2.51. The maximum Gasteiger partial charge on any atom is 0.200 e. The Balaban J connectivity index is 1.99. The van der Waals surface area contributed by atoms with Crippen LogP contribution < -0.4 is 0 Å². The number of phenolic OH excluding ortho intramolecular Hbond substituents is 3. The van der Waals surface area contributed by atoms with Crippen LogP contribution in [0.3, 0.4) is 0 Å². The summed E-state index contributed by atoms with van der Waals surface area (Å²) in [7, 11) is 0. The van der Waals surface area contributed by atoms with Crippen LogP contribution in [0.1, 0.15) is 45.3 Å². The van der Waals surface area contributed by atoms with Gasteiger partial charge in [-0.2, -0.15) is 5.26 Å². The van der Waals surface area contributed by atoms with E-state index in [0.29, 0.717) is 18.4 Å². The minimum atomic E-state index is -0.867. The SMILES string of the molecule is CC12C=C(C#N)C(=O)C(C)(C)C1O[C@H](c1cc(O)c(O)c(O)c1)CC2. The summed E-state index contributed by atoms with van der Waals surface area (Å²) in [5, 5.41) is 38.2. The first-order valence-electron chi connectivity index (χ1n) is 8.18. The lowest BCUT2D eigenvalue weighted by Crippen LogP contribution is -2.54. The highest BCUT2D eigenvalue weighted by atomic mass is 16.5. The molecule has 1 aromatic carbocycles. The summed E-state index contributed by atoms with van der Waals surface area (Å²) in [4.78, 5) is 12.6. The van der Waals surface area contributed by atoms with Gasteiger partial charge in [0, 0.05) is 5.41 Å². The fourth-order valence-electron chi connectivity index (χ4n) is 4.10. The number of Topliss-reactive ketones (excluding diaryl/α,β-unsaturated/α-hetero) is 1. The van der Waals surface area contributed by atoms with Gasteiger partial charge in [0.1, 0.15) is 6.07 Å². The van der Waals surface area contributed by atoms with Gasteiger partial charge in [-0.1, -0.05) is 13.0 Å². The van der Waals surface area contributed by atoms with Gasteiger partial charge in [-0.05, 0) is 44.4 Å². The zero-order chi connectivity index (χ0) is 18.6. The first-order chi connectivity index (χ1) is 11.6. The van der Waals surface area contributed by atoms with E-state index in [0.717, 1.165) is 0 Å². The molecule has 1 aliphatic heterocycles. The second kappa shape index (κ2) is 5.50. The average molecular weight is 343 g/mol. The van der Waals surface area contributed by atoms with E-state index in [4.69, 9.17) is 4.74 Å². The number of nitriles is 1. The number of fused-ring (bicyclic) bond motifs is 1. The Labute approximate surface area is 146 Å². The first kappa shape index (κ1) is 17.3. The van der Waals surface area contributed by atoms with Crippen molar-refractivity contribution in [1.82, 2.24) is 0 Å². The molecular weight excluding hydrogens is 322 g/mol. The minimum Gasteiger partial charge on any atom is -0.504 e. The molecule has 1 aromatic rings. The van der Waals surface area contributed by atoms with Gasteiger partial charge in [0.15, 0.2) is 23.0 Å². The van der Waals surface area contributed by atoms with E-state index >= 15 is 0 Å². The number of hydrogen-bond donors (Lipinski definition) is 3. The second-order valence-electron chi connectivity index (χ2n) is 7.68. The van der Waals surface area contributed by atoms with E-state index in [-0.39, 0.29) is 11.4 Å². The smallest absolute Gasteiger partial charge is 0.200 e. The van der Waals surface area contributed by atoms with Crippen LogP contribution in [0, 0.1) is 22.2 Å². The highest BCUT2D eigenvalue weighted by Gasteiger charge is 2.55. The maximum absolute atomic E-state index is 12.6. The molecule has 0 bridgehead atoms. The predicted molar refractivity (Wildman–Crippen MR) is 88.9 cm³/mol. The third-order valence-corrected chi connectivity index (χ3v) is 5.39. The highest BCUT2D eigenvalue weighted by molar-refractivity contribution is 6.04. The Bertz CT molecular complexity index is 797. The Hall–Kier alpha value is -2.52. The number of hydrogen-bond acceptors (Lipinski definition) is 6. The molecule has 1 saturated heterocycles. The summed E-state index contributed by atoms with van der Waals surface area (Å²) in [5.41, 5.74) is -0.604. The molecule has 3 atom stereocenters. The standard InChI is InChI=1S/C19H21NO5/c1-18(2)16(24)11(9-20)8-19(3)5-4-14(25-17(18)19)10-6-12(21)15(23)13(22)7-10/h6-8,14,17,21-23H,4-5H2,1-3H3/t14-,17?,19?/m0/s1. The normalized spacial score (nSPS) is 31.0. The number of aromatic hydroxyl groups is 3. The van der Waals surface area contributed by atoms with Crippen LogP contribution in [0.15, 0.2) is 23.8 Å². The molecule has 1 aliphatic carbocycles. The third-order valence-electron chi connectivity index (χ3n) is 5.39. The number of ketones is 1. The molecule has 1 fully saturated rings. The number of allylic oxidation sites excluding steroid dienone is 1. The number of carbonyl (C=O) groups is 1. The third kappa shape index (κ3) is 2.56. The van der Waals surface area contributed by atoms with Crippen molar-refractivity contribution in [3.63, 3.8) is 0 Å². The number of benzene rings is 1. The predicted octanol–water partition coefficient (Wildman–Crippen LogP) is 3.09. The van der Waals surface area contributed by atoms with Crippen molar-refractivity contribution in [1.29, 1.82) is 5.26 Å². The summed E-state index contributed by atoms with van der Waals surface area (Å²) < 4.78 is 6.23. The van der Waals surface area contributed by atoms with E-state index in [2.05, 4.69) is 0 Å². The summed E-state index contributed by atoms with van der Waals surface area (Å²) in [6.07, 6.45) is 2.12. The number of rotatable bonds is 1. The first-order valence-corrected chi connectivity index (χ1v) is 8.18. The molecule has 0 saturated carbocycles. The van der Waals surface area contributed by atoms with Crippen molar-refractivity contribution >= 4 is 5.78 Å². The molecule has 6 nitrogen and oxygen atoms in total. The fraction of sp³-hybridized carbons (Fsp3) is 0.474. The summed E-state index contributed by atoms with van der Waals surface area (Å²) in [6.45, 7) is 5.53. The van der Waals surface area contributed by atoms with Gasteiger partial charge in [-0.3, -0.25) is 4.79 Å². The Morgan fingerprint density at radius 2 is 1.80 bits per heavy atom. The van der Waals surface area contributed by atoms with Gasteiger partial charge in [-0.25, -0.2) is 0 Å². The molecular formula is C19H21NO5. The Morgan fingerprint density at radius 3 is 2.36 bits per heavy atom. The molecule has 132 valence electrons. The summed E-state index contributed by atoms with van der Waals surface area (Å²) in [5.74, 6) is -1.65. The van der Waals surface area contributed by atoms with Crippen molar-refractivity contribution in [3.05, 3.63) is 29.3 Å². The van der Waals surface area contributed by atoms with Crippen LogP contribution in [-0.2, 0) is 9.53 Å². The number of ether oxygens (including phenoxy) is 1. The van der Waals surface area contributed by atoms with E-state index in [1.54, 1.807) is 19.9 Å². The van der Waals surface area contributed by atoms with Gasteiger partial charge < -0.3 is 20.1 Å². The minimum absolute atomic E-state index is 0.172. The Kier molecular flexibility index (Phi) is 3.81. The second-order valence-corrected chi connectivity index (χ2v) is 7.68. The fourth-order valence-corrected chi connectivity index (χ4v) is 4.10. The molecule has 6 heteroatoms. The molecule has 3 rings (SSSR count). The Morgan fingerprint density at radius 1 is 1.20 bits per heavy atom. The van der Waals surface area contributed by atoms with Crippen LogP contribution in [0.25, 0.3) is 0 Å². The molecule has 3 N–H and O–H groups in total. The summed E-state index contributed by atoms with van der Waals surface area (Å²) in [6, 6.07) is 4.71. The van der Waals surface area contributed by atoms with E-state index in [9.17, 15) is 25.4 Å². The van der Waals surface area contributed by atoms with Crippen molar-refractivity contribution in [3.8, 4) is 23.3 Å². The quantitative estimate of drug-likeness (QED) is 0.676. The number of nitrogens with zero attached hydrogens (tertiary/aromatic N) is 1. The van der Waals surface area contributed by atoms with Crippen molar-refractivity contribution in [2.75, 3.05) is 0 Å². The molecule has 2 unspecified atom stereocenters. The molecule has 1 heterocycles. The van der Waals surface area contributed by atoms with Gasteiger partial charge >= 0.3 is 0 Å². The molecule has 2 aliphatic rings. The molecule has 0 aromatic heterocycles. The molecule has 0 spiro atoms. The van der Waals surface area contributed by atoms with E-state index < -0.39 is 40.3 Å². The van der Waals surface area contributed by atoms with Crippen LogP contribution in [-0.4, -0.2) is 27.2 Å². The van der Waals surface area contributed by atoms with Gasteiger partial charge in [0.2, 0.25) is 0 Å². The van der Waals surface area contributed by atoms with Crippen molar-refractivity contribution in [2.24, 2.45) is 10.8 Å². The van der Waals surface area contributed by atoms with Gasteiger partial charge in [0.05, 0.1) is 23.2 Å². The molecule has 0 amide bonds. The van der Waals surface area contributed by atoms with E-state index in [1.165, 1.54) is 12.1 Å². The lowest BCUT2D eigenvalue weighted by atomic mass is 9.60. The van der Waals surface area contributed by atoms with E-state index in [1.807, 2.05) is 13.0 Å². The van der Waals surface area contributed by atoms with Crippen LogP contribution in [0.5, 0.6) is 17.2 Å². The molecule has 25 heavy (non-hydrogen) atoms. The van der Waals surface area contributed by atoms with Crippen molar-refractivity contribution < 1.29 is 24.9 Å². The zero-order valence-electron chi connectivity index (χ0n) is 14.4. The number of phenols is 3. The topological polar surface area (TPSA) is 111 Å². The maximum atomic E-state index is 12.6. The lowest BCUT2D eigenvalue weighted by molar-refractivity contribution is -0.172. The number of carbonyl (C=O) groups excluding carboxylic acids is 1. The largest absolute Gasteiger partial charge is 0.504 e. The zero-order valence-corrected chi connectivity index (χ0v) is 14.4. The van der Waals surface area contributed by atoms with Gasteiger partial charge in [0.25, 0.3) is 0 Å². The monoisotopic (exact) mass is 343 g/mol.